The van der Waals surface area contributed by atoms with E-state index in [2.05, 4.69) is 22.8 Å². The minimum Gasteiger partial charge on any atom is -0.344 e. The fourth-order valence-corrected chi connectivity index (χ4v) is 3.91. The van der Waals surface area contributed by atoms with Crippen LogP contribution in [0.1, 0.15) is 34.1 Å². The van der Waals surface area contributed by atoms with Crippen LogP contribution in [0, 0.1) is 5.92 Å². The first-order chi connectivity index (χ1) is 10.7. The van der Waals surface area contributed by atoms with Crippen molar-refractivity contribution in [3.63, 3.8) is 0 Å². The molecule has 3 nitrogen and oxygen atoms in total. The average Bonchev–Trinajstić information content (AvgIpc) is 3.01. The van der Waals surface area contributed by atoms with Crippen molar-refractivity contribution in [2.75, 3.05) is 13.1 Å². The van der Waals surface area contributed by atoms with Crippen molar-refractivity contribution >= 4 is 28.8 Å². The van der Waals surface area contributed by atoms with Crippen LogP contribution in [0.15, 0.2) is 42.5 Å². The lowest BCUT2D eigenvalue weighted by Crippen LogP contribution is -2.38. The van der Waals surface area contributed by atoms with E-state index in [4.69, 9.17) is 11.6 Å². The van der Waals surface area contributed by atoms with Crippen molar-refractivity contribution in [3.05, 3.63) is 57.2 Å². The number of thiophene rings is 1. The van der Waals surface area contributed by atoms with Crippen LogP contribution in [0.2, 0.25) is 4.34 Å². The molecule has 1 fully saturated rings. The van der Waals surface area contributed by atoms with Gasteiger partial charge in [-0.15, -0.1) is 11.3 Å². The summed E-state index contributed by atoms with van der Waals surface area (Å²) in [5.74, 6) is 0.423. The standard InChI is InChI=1S/C17H19ClN2OS/c18-15-7-6-14(22-15)17(21)20-16(12-4-2-1-3-5-12)13-8-10-19-11-9-13/h1-7,13,16,19H,8-11H2,(H,20,21). The Morgan fingerprint density at radius 1 is 1.18 bits per heavy atom. The molecule has 1 aliphatic rings. The first kappa shape index (κ1) is 15.5. The lowest BCUT2D eigenvalue weighted by Gasteiger charge is -2.31. The Morgan fingerprint density at radius 3 is 2.55 bits per heavy atom. The quantitative estimate of drug-likeness (QED) is 0.891. The highest BCUT2D eigenvalue weighted by molar-refractivity contribution is 7.17. The molecule has 1 amide bonds. The van der Waals surface area contributed by atoms with Crippen LogP contribution < -0.4 is 10.6 Å². The number of amides is 1. The van der Waals surface area contributed by atoms with Crippen LogP contribution in [0.25, 0.3) is 0 Å². The number of nitrogens with one attached hydrogen (secondary N) is 2. The van der Waals surface area contributed by atoms with Gasteiger partial charge >= 0.3 is 0 Å². The minimum absolute atomic E-state index is 0.0377. The smallest absolute Gasteiger partial charge is 0.261 e. The van der Waals surface area contributed by atoms with Crippen molar-refractivity contribution in [3.8, 4) is 0 Å². The van der Waals surface area contributed by atoms with E-state index < -0.39 is 0 Å². The average molecular weight is 335 g/mol. The molecule has 2 N–H and O–H groups in total. The molecule has 0 spiro atoms. The topological polar surface area (TPSA) is 41.1 Å². The molecule has 2 aromatic rings. The van der Waals surface area contributed by atoms with E-state index in [9.17, 15) is 4.79 Å². The molecule has 3 rings (SSSR count). The maximum absolute atomic E-state index is 12.5. The fraction of sp³-hybridized carbons (Fsp3) is 0.353. The number of rotatable bonds is 4. The van der Waals surface area contributed by atoms with Gasteiger partial charge in [0.2, 0.25) is 0 Å². The predicted molar refractivity (Wildman–Crippen MR) is 91.6 cm³/mol. The third-order valence-electron chi connectivity index (χ3n) is 4.10. The Bertz CT molecular complexity index is 623. The molecule has 1 aliphatic heterocycles. The first-order valence-corrected chi connectivity index (χ1v) is 8.75. The lowest BCUT2D eigenvalue weighted by molar-refractivity contribution is 0.0918. The highest BCUT2D eigenvalue weighted by Gasteiger charge is 2.27. The van der Waals surface area contributed by atoms with Gasteiger partial charge in [-0.25, -0.2) is 0 Å². The molecule has 1 saturated heterocycles. The molecule has 22 heavy (non-hydrogen) atoms. The van der Waals surface area contributed by atoms with Gasteiger partial charge < -0.3 is 10.6 Å². The van der Waals surface area contributed by atoms with Crippen molar-refractivity contribution in [2.45, 2.75) is 18.9 Å². The van der Waals surface area contributed by atoms with E-state index in [1.54, 1.807) is 12.1 Å². The highest BCUT2D eigenvalue weighted by atomic mass is 35.5. The lowest BCUT2D eigenvalue weighted by atomic mass is 9.86. The molecule has 0 radical (unpaired) electrons. The normalized spacial score (nSPS) is 17.1. The number of benzene rings is 1. The van der Waals surface area contributed by atoms with Crippen molar-refractivity contribution < 1.29 is 4.79 Å². The summed E-state index contributed by atoms with van der Waals surface area (Å²) in [5, 5.41) is 6.60. The molecule has 1 aromatic carbocycles. The molecule has 1 aromatic heterocycles. The van der Waals surface area contributed by atoms with E-state index >= 15 is 0 Å². The van der Waals surface area contributed by atoms with Crippen molar-refractivity contribution in [2.24, 2.45) is 5.92 Å². The zero-order chi connectivity index (χ0) is 15.4. The summed E-state index contributed by atoms with van der Waals surface area (Å²) < 4.78 is 0.642. The maximum atomic E-state index is 12.5. The summed E-state index contributed by atoms with van der Waals surface area (Å²) in [4.78, 5) is 13.2. The first-order valence-electron chi connectivity index (χ1n) is 7.56. The number of carbonyl (C=O) groups excluding carboxylic acids is 1. The number of hydrogen-bond donors (Lipinski definition) is 2. The second-order valence-corrected chi connectivity index (χ2v) is 7.27. The zero-order valence-corrected chi connectivity index (χ0v) is 13.8. The summed E-state index contributed by atoms with van der Waals surface area (Å²) in [6.07, 6.45) is 2.15. The highest BCUT2D eigenvalue weighted by Crippen LogP contribution is 2.30. The van der Waals surface area contributed by atoms with E-state index in [1.165, 1.54) is 16.9 Å². The van der Waals surface area contributed by atoms with Crippen LogP contribution in [0.5, 0.6) is 0 Å². The van der Waals surface area contributed by atoms with Gasteiger partial charge in [-0.1, -0.05) is 41.9 Å². The second-order valence-electron chi connectivity index (χ2n) is 5.55. The third kappa shape index (κ3) is 3.69. The van der Waals surface area contributed by atoms with E-state index in [0.29, 0.717) is 15.1 Å². The monoisotopic (exact) mass is 334 g/mol. The van der Waals surface area contributed by atoms with Gasteiger partial charge in [0.25, 0.3) is 5.91 Å². The van der Waals surface area contributed by atoms with E-state index in [0.717, 1.165) is 25.9 Å². The molecule has 116 valence electrons. The van der Waals surface area contributed by atoms with Crippen LogP contribution in [-0.2, 0) is 0 Å². The summed E-state index contributed by atoms with van der Waals surface area (Å²) in [6.45, 7) is 2.02. The number of piperidine rings is 1. The van der Waals surface area contributed by atoms with Crippen LogP contribution in [0.3, 0.4) is 0 Å². The Balaban J connectivity index is 1.80. The largest absolute Gasteiger partial charge is 0.344 e. The van der Waals surface area contributed by atoms with Gasteiger partial charge in [0.1, 0.15) is 0 Å². The summed E-state index contributed by atoms with van der Waals surface area (Å²) >= 11 is 7.26. The van der Waals surface area contributed by atoms with Gasteiger partial charge in [0.15, 0.2) is 0 Å². The summed E-state index contributed by atoms with van der Waals surface area (Å²) in [5.41, 5.74) is 1.17. The van der Waals surface area contributed by atoms with Crippen molar-refractivity contribution in [1.29, 1.82) is 0 Å². The predicted octanol–water partition coefficient (Wildman–Crippen LogP) is 3.87. The molecule has 2 heterocycles. The molecular weight excluding hydrogens is 316 g/mol. The van der Waals surface area contributed by atoms with Crippen LogP contribution in [0.4, 0.5) is 0 Å². The summed E-state index contributed by atoms with van der Waals surface area (Å²) in [6, 6.07) is 13.8. The van der Waals surface area contributed by atoms with Gasteiger partial charge in [0.05, 0.1) is 15.3 Å². The molecule has 1 atom stereocenters. The second kappa shape index (κ2) is 7.27. The van der Waals surface area contributed by atoms with Crippen LogP contribution >= 0.6 is 22.9 Å². The zero-order valence-electron chi connectivity index (χ0n) is 12.2. The summed E-state index contributed by atoms with van der Waals surface area (Å²) in [7, 11) is 0. The van der Waals surface area contributed by atoms with Gasteiger partial charge in [-0.2, -0.15) is 0 Å². The molecular formula is C17H19ClN2OS. The minimum atomic E-state index is -0.0377. The maximum Gasteiger partial charge on any atom is 0.261 e. The number of halogens is 1. The third-order valence-corrected chi connectivity index (χ3v) is 5.33. The molecule has 0 aliphatic carbocycles. The SMILES string of the molecule is O=C(NC(c1ccccc1)C1CCNCC1)c1ccc(Cl)s1. The van der Waals surface area contributed by atoms with Crippen molar-refractivity contribution in [1.82, 2.24) is 10.6 Å². The van der Waals surface area contributed by atoms with E-state index in [-0.39, 0.29) is 11.9 Å². The Kier molecular flexibility index (Phi) is 5.13. The Morgan fingerprint density at radius 2 is 1.91 bits per heavy atom. The Hall–Kier alpha value is -1.36. The Labute approximate surface area is 139 Å². The van der Waals surface area contributed by atoms with Gasteiger partial charge in [-0.05, 0) is 49.5 Å². The fourth-order valence-electron chi connectivity index (χ4n) is 2.96. The number of hydrogen-bond acceptors (Lipinski definition) is 3. The molecule has 0 saturated carbocycles. The van der Waals surface area contributed by atoms with Gasteiger partial charge in [-0.3, -0.25) is 4.79 Å². The number of carbonyl (C=O) groups is 1. The van der Waals surface area contributed by atoms with Crippen LogP contribution in [-0.4, -0.2) is 19.0 Å². The molecule has 5 heteroatoms. The van der Waals surface area contributed by atoms with E-state index in [1.807, 2.05) is 18.2 Å². The molecule has 1 unspecified atom stereocenters. The van der Waals surface area contributed by atoms with Gasteiger partial charge in [0, 0.05) is 0 Å². The molecule has 0 bridgehead atoms.